The van der Waals surface area contributed by atoms with E-state index in [1.54, 1.807) is 7.05 Å². The van der Waals surface area contributed by atoms with Crippen LogP contribution in [-0.4, -0.2) is 36.9 Å². The van der Waals surface area contributed by atoms with Crippen LogP contribution in [0.3, 0.4) is 0 Å². The van der Waals surface area contributed by atoms with Gasteiger partial charge in [-0.1, -0.05) is 12.1 Å². The number of hydrogen-bond donors (Lipinski definition) is 1. The number of carbonyl (C=O) groups is 2. The van der Waals surface area contributed by atoms with Crippen molar-refractivity contribution in [1.82, 2.24) is 4.90 Å². The van der Waals surface area contributed by atoms with Crippen molar-refractivity contribution < 1.29 is 27.5 Å². The minimum atomic E-state index is -4.64. The molecule has 0 unspecified atom stereocenters. The standard InChI is InChI=1S/C18H15F3N2O3/c1-23-8-9-26-15-7-6-11(10-13(15)17(23)25)22-16(24)12-4-2-3-5-14(12)18(19,20)21/h2-7,10H,8-9H2,1H3,(H,22,24). The Labute approximate surface area is 147 Å². The lowest BCUT2D eigenvalue weighted by atomic mass is 10.1. The van der Waals surface area contributed by atoms with Gasteiger partial charge >= 0.3 is 6.18 Å². The number of halogens is 3. The molecule has 26 heavy (non-hydrogen) atoms. The van der Waals surface area contributed by atoms with E-state index in [1.165, 1.54) is 35.2 Å². The van der Waals surface area contributed by atoms with Gasteiger partial charge in [0.1, 0.15) is 12.4 Å². The molecule has 2 amide bonds. The van der Waals surface area contributed by atoms with Gasteiger partial charge < -0.3 is 15.0 Å². The number of carbonyl (C=O) groups excluding carboxylic acids is 2. The van der Waals surface area contributed by atoms with Crippen LogP contribution in [0.5, 0.6) is 5.75 Å². The van der Waals surface area contributed by atoms with E-state index in [0.717, 1.165) is 12.1 Å². The predicted molar refractivity (Wildman–Crippen MR) is 88.3 cm³/mol. The topological polar surface area (TPSA) is 58.6 Å². The first-order valence-corrected chi connectivity index (χ1v) is 7.77. The molecule has 0 fully saturated rings. The molecular formula is C18H15F3N2O3. The molecule has 136 valence electrons. The fourth-order valence-electron chi connectivity index (χ4n) is 2.63. The van der Waals surface area contributed by atoms with Crippen molar-refractivity contribution in [2.24, 2.45) is 0 Å². The SMILES string of the molecule is CN1CCOc2ccc(NC(=O)c3ccccc3C(F)(F)F)cc2C1=O. The van der Waals surface area contributed by atoms with Crippen LogP contribution in [0, 0.1) is 0 Å². The maximum atomic E-state index is 13.1. The zero-order valence-electron chi connectivity index (χ0n) is 13.8. The number of rotatable bonds is 2. The minimum Gasteiger partial charge on any atom is -0.491 e. The fourth-order valence-corrected chi connectivity index (χ4v) is 2.63. The second kappa shape index (κ2) is 6.70. The van der Waals surface area contributed by atoms with E-state index >= 15 is 0 Å². The van der Waals surface area contributed by atoms with Gasteiger partial charge in [-0.15, -0.1) is 0 Å². The molecule has 0 aromatic heterocycles. The maximum absolute atomic E-state index is 13.1. The fraction of sp³-hybridized carbons (Fsp3) is 0.222. The number of amides is 2. The van der Waals surface area contributed by atoms with Gasteiger partial charge in [-0.05, 0) is 30.3 Å². The van der Waals surface area contributed by atoms with Crippen LogP contribution in [-0.2, 0) is 6.18 Å². The molecule has 0 saturated heterocycles. The van der Waals surface area contributed by atoms with Crippen LogP contribution in [0.25, 0.3) is 0 Å². The van der Waals surface area contributed by atoms with E-state index in [0.29, 0.717) is 18.9 Å². The largest absolute Gasteiger partial charge is 0.491 e. The van der Waals surface area contributed by atoms with E-state index < -0.39 is 23.2 Å². The van der Waals surface area contributed by atoms with Crippen LogP contribution in [0.15, 0.2) is 42.5 Å². The summed E-state index contributed by atoms with van der Waals surface area (Å²) in [7, 11) is 1.62. The molecule has 1 heterocycles. The number of nitrogens with zero attached hydrogens (tertiary/aromatic N) is 1. The predicted octanol–water partition coefficient (Wildman–Crippen LogP) is 3.42. The Balaban J connectivity index is 1.90. The van der Waals surface area contributed by atoms with Gasteiger partial charge in [0.25, 0.3) is 11.8 Å². The zero-order chi connectivity index (χ0) is 18.9. The monoisotopic (exact) mass is 364 g/mol. The second-order valence-corrected chi connectivity index (χ2v) is 5.78. The Morgan fingerprint density at radius 2 is 1.92 bits per heavy atom. The summed E-state index contributed by atoms with van der Waals surface area (Å²) in [5.41, 5.74) is -1.06. The molecule has 0 atom stereocenters. The van der Waals surface area contributed by atoms with E-state index in [-0.39, 0.29) is 17.2 Å². The summed E-state index contributed by atoms with van der Waals surface area (Å²) in [6.07, 6.45) is -4.64. The third-order valence-electron chi connectivity index (χ3n) is 3.98. The Bertz CT molecular complexity index is 865. The van der Waals surface area contributed by atoms with Crippen molar-refractivity contribution in [3.8, 4) is 5.75 Å². The van der Waals surface area contributed by atoms with Gasteiger partial charge in [0.2, 0.25) is 0 Å². The van der Waals surface area contributed by atoms with E-state index in [4.69, 9.17) is 4.74 Å². The average molecular weight is 364 g/mol. The first-order valence-electron chi connectivity index (χ1n) is 7.77. The lowest BCUT2D eigenvalue weighted by Crippen LogP contribution is -2.27. The third kappa shape index (κ3) is 3.49. The zero-order valence-corrected chi connectivity index (χ0v) is 13.8. The molecule has 1 aliphatic rings. The Morgan fingerprint density at radius 3 is 2.65 bits per heavy atom. The second-order valence-electron chi connectivity index (χ2n) is 5.78. The molecule has 3 rings (SSSR count). The minimum absolute atomic E-state index is 0.206. The highest BCUT2D eigenvalue weighted by atomic mass is 19.4. The summed E-state index contributed by atoms with van der Waals surface area (Å²) < 4.78 is 44.7. The van der Waals surface area contributed by atoms with Gasteiger partial charge in [0.05, 0.1) is 23.2 Å². The third-order valence-corrected chi connectivity index (χ3v) is 3.98. The molecule has 0 spiro atoms. The van der Waals surface area contributed by atoms with Crippen molar-refractivity contribution in [1.29, 1.82) is 0 Å². The lowest BCUT2D eigenvalue weighted by Gasteiger charge is -2.14. The smallest absolute Gasteiger partial charge is 0.417 e. The highest BCUT2D eigenvalue weighted by molar-refractivity contribution is 6.06. The van der Waals surface area contributed by atoms with E-state index in [9.17, 15) is 22.8 Å². The van der Waals surface area contributed by atoms with Crippen LogP contribution in [0.2, 0.25) is 0 Å². The summed E-state index contributed by atoms with van der Waals surface area (Å²) in [4.78, 5) is 26.1. The summed E-state index contributed by atoms with van der Waals surface area (Å²) in [6, 6.07) is 8.90. The van der Waals surface area contributed by atoms with Crippen molar-refractivity contribution in [2.45, 2.75) is 6.18 Å². The molecule has 1 aliphatic heterocycles. The Hall–Kier alpha value is -3.03. The normalized spacial score (nSPS) is 14.3. The highest BCUT2D eigenvalue weighted by Gasteiger charge is 2.35. The quantitative estimate of drug-likeness (QED) is 0.888. The summed E-state index contributed by atoms with van der Waals surface area (Å²) in [6.45, 7) is 0.744. The van der Waals surface area contributed by atoms with Crippen LogP contribution >= 0.6 is 0 Å². The van der Waals surface area contributed by atoms with Crippen molar-refractivity contribution in [3.05, 3.63) is 59.2 Å². The Kier molecular flexibility index (Phi) is 4.58. The maximum Gasteiger partial charge on any atom is 0.417 e. The van der Waals surface area contributed by atoms with Crippen molar-refractivity contribution in [2.75, 3.05) is 25.5 Å². The first-order chi connectivity index (χ1) is 12.3. The average Bonchev–Trinajstić information content (AvgIpc) is 2.74. The van der Waals surface area contributed by atoms with Crippen molar-refractivity contribution in [3.63, 3.8) is 0 Å². The molecule has 1 N–H and O–H groups in total. The molecule has 5 nitrogen and oxygen atoms in total. The molecule has 8 heteroatoms. The van der Waals surface area contributed by atoms with Crippen LogP contribution in [0.1, 0.15) is 26.3 Å². The number of hydrogen-bond acceptors (Lipinski definition) is 3. The Morgan fingerprint density at radius 1 is 1.19 bits per heavy atom. The highest BCUT2D eigenvalue weighted by Crippen LogP contribution is 2.32. The van der Waals surface area contributed by atoms with Gasteiger partial charge in [-0.25, -0.2) is 0 Å². The van der Waals surface area contributed by atoms with Gasteiger partial charge in [0, 0.05) is 12.7 Å². The molecular weight excluding hydrogens is 349 g/mol. The summed E-state index contributed by atoms with van der Waals surface area (Å²) >= 11 is 0. The number of benzene rings is 2. The number of ether oxygens (including phenoxy) is 1. The van der Waals surface area contributed by atoms with Gasteiger partial charge in [-0.2, -0.15) is 13.2 Å². The lowest BCUT2D eigenvalue weighted by molar-refractivity contribution is -0.137. The van der Waals surface area contributed by atoms with E-state index in [1.807, 2.05) is 0 Å². The van der Waals surface area contributed by atoms with Crippen molar-refractivity contribution >= 4 is 17.5 Å². The molecule has 2 aromatic carbocycles. The first kappa shape index (κ1) is 17.8. The summed E-state index contributed by atoms with van der Waals surface area (Å²) in [5, 5.41) is 2.41. The van der Waals surface area contributed by atoms with Crippen LogP contribution < -0.4 is 10.1 Å². The number of anilines is 1. The molecule has 0 bridgehead atoms. The molecule has 2 aromatic rings. The van der Waals surface area contributed by atoms with Gasteiger partial charge in [-0.3, -0.25) is 9.59 Å². The number of nitrogens with one attached hydrogen (secondary N) is 1. The van der Waals surface area contributed by atoms with E-state index in [2.05, 4.69) is 5.32 Å². The number of likely N-dealkylation sites (N-methyl/N-ethyl adjacent to an activating group) is 1. The number of alkyl halides is 3. The molecule has 0 aliphatic carbocycles. The van der Waals surface area contributed by atoms with Crippen LogP contribution in [0.4, 0.5) is 18.9 Å². The molecule has 0 radical (unpaired) electrons. The van der Waals surface area contributed by atoms with Gasteiger partial charge in [0.15, 0.2) is 0 Å². The summed E-state index contributed by atoms with van der Waals surface area (Å²) in [5.74, 6) is -0.828. The molecule has 0 saturated carbocycles. The number of fused-ring (bicyclic) bond motifs is 1.